The van der Waals surface area contributed by atoms with Crippen LogP contribution in [0, 0.1) is 0 Å². The fourth-order valence-electron chi connectivity index (χ4n) is 1.22. The van der Waals surface area contributed by atoms with Crippen LogP contribution in [0.3, 0.4) is 0 Å². The van der Waals surface area contributed by atoms with Crippen molar-refractivity contribution >= 4 is 42.9 Å². The van der Waals surface area contributed by atoms with Gasteiger partial charge >= 0.3 is 0 Å². The van der Waals surface area contributed by atoms with E-state index in [1.54, 1.807) is 6.07 Å². The Bertz CT molecular complexity index is 470. The van der Waals surface area contributed by atoms with Crippen molar-refractivity contribution < 1.29 is 4.21 Å². The summed E-state index contributed by atoms with van der Waals surface area (Å²) in [5, 5.41) is 0.605. The van der Waals surface area contributed by atoms with Crippen molar-refractivity contribution in [2.75, 3.05) is 11.5 Å². The van der Waals surface area contributed by atoms with Crippen LogP contribution in [0.5, 0.6) is 0 Å². The Hall–Kier alpha value is -0.0600. The number of hydrogen-bond donors (Lipinski definition) is 0. The second-order valence-corrected chi connectivity index (χ2v) is 7.03. The zero-order valence-electron chi connectivity index (χ0n) is 7.37. The fraction of sp³-hybridized carbons (Fsp3) is 0.333. The van der Waals surface area contributed by atoms with E-state index >= 15 is 0 Å². The monoisotopic (exact) mass is 293 g/mol. The maximum atomic E-state index is 11.8. The highest BCUT2D eigenvalue weighted by Gasteiger charge is 2.19. The molecule has 0 amide bonds. The maximum Gasteiger partial charge on any atom is 0.0745 e. The number of nitrogens with zero attached hydrogens (tertiary/aromatic N) is 1. The molecule has 2 nitrogen and oxygen atoms in total. The molecule has 0 unspecified atom stereocenters. The quantitative estimate of drug-likeness (QED) is 0.778. The summed E-state index contributed by atoms with van der Waals surface area (Å²) >= 11 is 9.20. The van der Waals surface area contributed by atoms with Crippen LogP contribution in [0.2, 0.25) is 5.02 Å². The van der Waals surface area contributed by atoms with Gasteiger partial charge in [-0.3, -0.25) is 0 Å². The Balaban J connectivity index is 2.39. The molecular formula is C9H9BrClNOS. The Kier molecular flexibility index (Phi) is 2.86. The first-order valence-electron chi connectivity index (χ1n) is 4.27. The van der Waals surface area contributed by atoms with Gasteiger partial charge in [0.05, 0.1) is 20.4 Å². The van der Waals surface area contributed by atoms with E-state index in [4.69, 9.17) is 11.6 Å². The molecule has 1 aliphatic heterocycles. The van der Waals surface area contributed by atoms with Crippen molar-refractivity contribution in [1.82, 2.24) is 0 Å². The summed E-state index contributed by atoms with van der Waals surface area (Å²) in [7, 11) is -1.92. The molecule has 0 aromatic heterocycles. The molecule has 0 atom stereocenters. The first kappa shape index (κ1) is 10.5. The molecule has 0 spiro atoms. The largest absolute Gasteiger partial charge is 0.249 e. The lowest BCUT2D eigenvalue weighted by molar-refractivity contribution is 0.663. The van der Waals surface area contributed by atoms with Crippen molar-refractivity contribution in [3.8, 4) is 0 Å². The van der Waals surface area contributed by atoms with Crippen molar-refractivity contribution in [2.45, 2.75) is 6.42 Å². The van der Waals surface area contributed by atoms with Gasteiger partial charge in [0.2, 0.25) is 0 Å². The van der Waals surface area contributed by atoms with Gasteiger partial charge in [-0.1, -0.05) is 11.6 Å². The lowest BCUT2D eigenvalue weighted by Gasteiger charge is -2.17. The van der Waals surface area contributed by atoms with Crippen molar-refractivity contribution in [1.29, 1.82) is 0 Å². The summed E-state index contributed by atoms with van der Waals surface area (Å²) in [4.78, 5) is 0. The minimum absolute atomic E-state index is 0.605. The molecule has 1 aromatic carbocycles. The third kappa shape index (κ3) is 2.12. The summed E-state index contributed by atoms with van der Waals surface area (Å²) in [6.45, 7) is 0. The number of halogens is 2. The highest BCUT2D eigenvalue weighted by Crippen LogP contribution is 2.29. The van der Waals surface area contributed by atoms with Gasteiger partial charge in [0.1, 0.15) is 0 Å². The van der Waals surface area contributed by atoms with E-state index in [9.17, 15) is 4.21 Å². The standard InChI is InChI=1S/C9H9BrClNOS/c10-8-3-2-7(6-9(8)11)12-14(13)4-1-5-14/h2-3,6H,1,4-5H2. The molecule has 0 saturated carbocycles. The van der Waals surface area contributed by atoms with Crippen LogP contribution in [0.1, 0.15) is 6.42 Å². The predicted molar refractivity (Wildman–Crippen MR) is 63.7 cm³/mol. The van der Waals surface area contributed by atoms with Crippen LogP contribution in [-0.2, 0) is 9.73 Å². The van der Waals surface area contributed by atoms with E-state index in [0.29, 0.717) is 10.7 Å². The third-order valence-electron chi connectivity index (χ3n) is 2.10. The molecule has 0 aliphatic carbocycles. The first-order valence-corrected chi connectivity index (χ1v) is 7.29. The normalized spacial score (nSPS) is 18.7. The molecule has 2 rings (SSSR count). The summed E-state index contributed by atoms with van der Waals surface area (Å²) in [5.41, 5.74) is 0.711. The van der Waals surface area contributed by atoms with Crippen LogP contribution in [0.4, 0.5) is 5.69 Å². The molecule has 1 heterocycles. The van der Waals surface area contributed by atoms with E-state index in [1.807, 2.05) is 12.1 Å². The minimum atomic E-state index is -1.92. The van der Waals surface area contributed by atoms with Gasteiger partial charge in [-0.05, 0) is 40.5 Å². The van der Waals surface area contributed by atoms with Gasteiger partial charge in [0, 0.05) is 16.0 Å². The van der Waals surface area contributed by atoms with Crippen LogP contribution in [-0.4, -0.2) is 15.7 Å². The molecule has 1 fully saturated rings. The van der Waals surface area contributed by atoms with Gasteiger partial charge in [-0.15, -0.1) is 0 Å². The molecular weight excluding hydrogens is 286 g/mol. The molecule has 0 radical (unpaired) electrons. The molecule has 1 saturated heterocycles. The van der Waals surface area contributed by atoms with Crippen molar-refractivity contribution in [3.63, 3.8) is 0 Å². The topological polar surface area (TPSA) is 29.4 Å². The smallest absolute Gasteiger partial charge is 0.0745 e. The molecule has 76 valence electrons. The summed E-state index contributed by atoms with van der Waals surface area (Å²) in [6, 6.07) is 5.38. The zero-order valence-corrected chi connectivity index (χ0v) is 10.5. The fourth-order valence-corrected chi connectivity index (χ4v) is 3.10. The second kappa shape index (κ2) is 3.83. The number of hydrogen-bond acceptors (Lipinski definition) is 2. The van der Waals surface area contributed by atoms with Gasteiger partial charge < -0.3 is 0 Å². The third-order valence-corrected chi connectivity index (χ3v) is 5.73. The second-order valence-electron chi connectivity index (χ2n) is 3.22. The molecule has 0 N–H and O–H groups in total. The van der Waals surface area contributed by atoms with E-state index in [0.717, 1.165) is 22.4 Å². The average Bonchev–Trinajstić information content (AvgIpc) is 2.09. The Morgan fingerprint density at radius 3 is 2.64 bits per heavy atom. The average molecular weight is 295 g/mol. The minimum Gasteiger partial charge on any atom is -0.249 e. The Morgan fingerprint density at radius 1 is 1.43 bits per heavy atom. The zero-order chi connectivity index (χ0) is 10.2. The first-order chi connectivity index (χ1) is 6.59. The SMILES string of the molecule is O=S1(=Nc2ccc(Br)c(Cl)c2)CCC1. The number of benzene rings is 1. The predicted octanol–water partition coefficient (Wildman–Crippen LogP) is 3.61. The lowest BCUT2D eigenvalue weighted by atomic mass is 10.3. The molecule has 14 heavy (non-hydrogen) atoms. The van der Waals surface area contributed by atoms with E-state index in [1.165, 1.54) is 0 Å². The van der Waals surface area contributed by atoms with E-state index in [2.05, 4.69) is 20.3 Å². The highest BCUT2D eigenvalue weighted by atomic mass is 79.9. The van der Waals surface area contributed by atoms with Crippen molar-refractivity contribution in [3.05, 3.63) is 27.7 Å². The Labute approximate surface area is 97.0 Å². The summed E-state index contributed by atoms with van der Waals surface area (Å²) < 4.78 is 16.8. The van der Waals surface area contributed by atoms with Gasteiger partial charge in [-0.25, -0.2) is 4.21 Å². The molecule has 0 bridgehead atoms. The summed E-state index contributed by atoms with van der Waals surface area (Å²) in [6.07, 6.45) is 1.02. The van der Waals surface area contributed by atoms with Gasteiger partial charge in [0.25, 0.3) is 0 Å². The van der Waals surface area contributed by atoms with Gasteiger partial charge in [0.15, 0.2) is 0 Å². The number of rotatable bonds is 1. The van der Waals surface area contributed by atoms with Crippen LogP contribution in [0.25, 0.3) is 0 Å². The Morgan fingerprint density at radius 2 is 2.14 bits per heavy atom. The van der Waals surface area contributed by atoms with Crippen LogP contribution >= 0.6 is 27.5 Å². The van der Waals surface area contributed by atoms with Gasteiger partial charge in [-0.2, -0.15) is 4.36 Å². The van der Waals surface area contributed by atoms with Crippen LogP contribution in [0.15, 0.2) is 27.0 Å². The summed E-state index contributed by atoms with van der Waals surface area (Å²) in [5.74, 6) is 1.45. The highest BCUT2D eigenvalue weighted by molar-refractivity contribution is 9.10. The maximum absolute atomic E-state index is 11.8. The van der Waals surface area contributed by atoms with Crippen molar-refractivity contribution in [2.24, 2.45) is 4.36 Å². The molecule has 1 aliphatic rings. The van der Waals surface area contributed by atoms with Crippen LogP contribution < -0.4 is 0 Å². The molecule has 1 aromatic rings. The molecule has 5 heteroatoms. The van der Waals surface area contributed by atoms with E-state index in [-0.39, 0.29) is 0 Å². The van der Waals surface area contributed by atoms with E-state index < -0.39 is 9.73 Å². The lowest BCUT2D eigenvalue weighted by Crippen LogP contribution is -2.22.